The van der Waals surface area contributed by atoms with Gasteiger partial charge in [-0.1, -0.05) is 0 Å². The molecule has 7 nitrogen and oxygen atoms in total. The lowest BCUT2D eigenvalue weighted by Crippen LogP contribution is -2.41. The summed E-state index contributed by atoms with van der Waals surface area (Å²) in [5.41, 5.74) is 0.837. The third-order valence-corrected chi connectivity index (χ3v) is 3.20. The van der Waals surface area contributed by atoms with Crippen LogP contribution < -0.4 is 10.6 Å². The summed E-state index contributed by atoms with van der Waals surface area (Å²) in [5.74, 6) is -0.205. The highest BCUT2D eigenvalue weighted by Gasteiger charge is 2.16. The minimum atomic E-state index is -0.281. The fourth-order valence-corrected chi connectivity index (χ4v) is 2.05. The number of nitrogens with zero attached hydrogens (tertiary/aromatic N) is 2. The maximum atomic E-state index is 11.9. The number of aromatic nitrogens is 1. The normalized spacial score (nSPS) is 15.3. The van der Waals surface area contributed by atoms with Crippen LogP contribution in [0, 0.1) is 0 Å². The molecule has 1 fully saturated rings. The van der Waals surface area contributed by atoms with Crippen molar-refractivity contribution in [2.24, 2.45) is 0 Å². The second-order valence-electron chi connectivity index (χ2n) is 5.11. The van der Waals surface area contributed by atoms with Gasteiger partial charge in [0.25, 0.3) is 5.91 Å². The van der Waals surface area contributed by atoms with Crippen LogP contribution in [0.4, 0.5) is 10.5 Å². The van der Waals surface area contributed by atoms with Crippen LogP contribution in [0.1, 0.15) is 23.3 Å². The molecule has 0 saturated carbocycles. The summed E-state index contributed by atoms with van der Waals surface area (Å²) < 4.78 is 5.24. The number of hydrogen-bond acceptors (Lipinski definition) is 4. The molecule has 0 bridgehead atoms. The number of pyridine rings is 1. The zero-order valence-electron chi connectivity index (χ0n) is 12.3. The second kappa shape index (κ2) is 7.03. The van der Waals surface area contributed by atoms with Crippen molar-refractivity contribution in [3.05, 3.63) is 24.0 Å². The Balaban J connectivity index is 1.94. The first-order valence-corrected chi connectivity index (χ1v) is 6.89. The molecule has 2 N–H and O–H groups in total. The third kappa shape index (κ3) is 4.42. The van der Waals surface area contributed by atoms with Gasteiger partial charge < -0.3 is 20.3 Å². The molecule has 0 radical (unpaired) electrons. The van der Waals surface area contributed by atoms with Gasteiger partial charge in [0.2, 0.25) is 0 Å². The van der Waals surface area contributed by atoms with Crippen LogP contribution in [0.25, 0.3) is 0 Å². The summed E-state index contributed by atoms with van der Waals surface area (Å²) in [6, 6.07) is 3.06. The predicted octanol–water partition coefficient (Wildman–Crippen LogP) is 1.08. The Morgan fingerprint density at radius 3 is 2.71 bits per heavy atom. The number of carbonyl (C=O) groups is 2. The van der Waals surface area contributed by atoms with E-state index in [0.29, 0.717) is 24.6 Å². The van der Waals surface area contributed by atoms with Crippen LogP contribution in [-0.4, -0.2) is 55.2 Å². The number of ether oxygens (including phenoxy) is 1. The zero-order valence-corrected chi connectivity index (χ0v) is 12.3. The van der Waals surface area contributed by atoms with Gasteiger partial charge in [0.1, 0.15) is 5.69 Å². The van der Waals surface area contributed by atoms with E-state index in [4.69, 9.17) is 4.74 Å². The van der Waals surface area contributed by atoms with Gasteiger partial charge in [-0.2, -0.15) is 0 Å². The van der Waals surface area contributed by atoms with Crippen molar-refractivity contribution in [1.82, 2.24) is 15.2 Å². The van der Waals surface area contributed by atoms with E-state index in [9.17, 15) is 9.59 Å². The second-order valence-corrected chi connectivity index (χ2v) is 5.11. The van der Waals surface area contributed by atoms with E-state index in [2.05, 4.69) is 15.6 Å². The third-order valence-electron chi connectivity index (χ3n) is 3.20. The number of amides is 3. The monoisotopic (exact) mass is 292 g/mol. The van der Waals surface area contributed by atoms with Gasteiger partial charge in [0.15, 0.2) is 0 Å². The van der Waals surface area contributed by atoms with E-state index in [1.54, 1.807) is 26.2 Å². The number of rotatable bonds is 3. The van der Waals surface area contributed by atoms with Crippen molar-refractivity contribution in [3.63, 3.8) is 0 Å². The highest BCUT2D eigenvalue weighted by molar-refractivity contribution is 5.95. The molecule has 1 aromatic heterocycles. The Labute approximate surface area is 123 Å². The van der Waals surface area contributed by atoms with Gasteiger partial charge in [-0.3, -0.25) is 9.78 Å². The Hall–Kier alpha value is -2.15. The molecule has 0 atom stereocenters. The SMILES string of the molecule is CN(C)C(=O)c1cc(NC(=O)NC2CCOCC2)ccn1. The molecular weight excluding hydrogens is 272 g/mol. The number of hydrogen-bond donors (Lipinski definition) is 2. The van der Waals surface area contributed by atoms with Gasteiger partial charge in [-0.05, 0) is 25.0 Å². The molecular formula is C14H20N4O3. The van der Waals surface area contributed by atoms with Gasteiger partial charge >= 0.3 is 6.03 Å². The van der Waals surface area contributed by atoms with Crippen LogP contribution in [0.15, 0.2) is 18.3 Å². The maximum Gasteiger partial charge on any atom is 0.319 e. The van der Waals surface area contributed by atoms with E-state index in [1.165, 1.54) is 11.1 Å². The summed E-state index contributed by atoms with van der Waals surface area (Å²) >= 11 is 0. The van der Waals surface area contributed by atoms with Crippen molar-refractivity contribution < 1.29 is 14.3 Å². The molecule has 2 heterocycles. The van der Waals surface area contributed by atoms with Crippen molar-refractivity contribution in [3.8, 4) is 0 Å². The molecule has 0 aliphatic carbocycles. The molecule has 3 amide bonds. The molecule has 1 aliphatic rings. The van der Waals surface area contributed by atoms with Crippen molar-refractivity contribution >= 4 is 17.6 Å². The fraction of sp³-hybridized carbons (Fsp3) is 0.500. The molecule has 2 rings (SSSR count). The van der Waals surface area contributed by atoms with Gasteiger partial charge in [0, 0.05) is 45.2 Å². The molecule has 0 aromatic carbocycles. The molecule has 7 heteroatoms. The number of carbonyl (C=O) groups excluding carboxylic acids is 2. The van der Waals surface area contributed by atoms with Crippen LogP contribution in [0.3, 0.4) is 0 Å². The number of urea groups is 1. The lowest BCUT2D eigenvalue weighted by Gasteiger charge is -2.23. The van der Waals surface area contributed by atoms with Crippen molar-refractivity contribution in [1.29, 1.82) is 0 Å². The van der Waals surface area contributed by atoms with Crippen LogP contribution >= 0.6 is 0 Å². The molecule has 21 heavy (non-hydrogen) atoms. The van der Waals surface area contributed by atoms with E-state index < -0.39 is 0 Å². The van der Waals surface area contributed by atoms with E-state index in [0.717, 1.165) is 12.8 Å². The summed E-state index contributed by atoms with van der Waals surface area (Å²) in [6.07, 6.45) is 3.13. The maximum absolute atomic E-state index is 11.9. The predicted molar refractivity (Wildman–Crippen MR) is 78.2 cm³/mol. The summed E-state index contributed by atoms with van der Waals surface area (Å²) in [5, 5.41) is 5.61. The molecule has 1 aliphatic heterocycles. The lowest BCUT2D eigenvalue weighted by atomic mass is 10.1. The van der Waals surface area contributed by atoms with E-state index >= 15 is 0 Å². The van der Waals surface area contributed by atoms with E-state index in [1.807, 2.05) is 0 Å². The Bertz CT molecular complexity index is 513. The first-order chi connectivity index (χ1) is 10.1. The minimum absolute atomic E-state index is 0.128. The molecule has 0 unspecified atom stereocenters. The number of nitrogens with one attached hydrogen (secondary N) is 2. The topological polar surface area (TPSA) is 83.6 Å². The average Bonchev–Trinajstić information content (AvgIpc) is 2.47. The first-order valence-electron chi connectivity index (χ1n) is 6.89. The van der Waals surface area contributed by atoms with Crippen LogP contribution in [0.2, 0.25) is 0 Å². The standard InChI is InChI=1S/C14H20N4O3/c1-18(2)13(19)12-9-11(3-6-15-12)17-14(20)16-10-4-7-21-8-5-10/h3,6,9-10H,4-5,7-8H2,1-2H3,(H2,15,16,17,20). The molecule has 1 aromatic rings. The van der Waals surface area contributed by atoms with Gasteiger partial charge in [-0.15, -0.1) is 0 Å². The zero-order chi connectivity index (χ0) is 15.2. The largest absolute Gasteiger partial charge is 0.381 e. The first kappa shape index (κ1) is 15.2. The van der Waals surface area contributed by atoms with Gasteiger partial charge in [0.05, 0.1) is 0 Å². The Morgan fingerprint density at radius 1 is 1.33 bits per heavy atom. The Morgan fingerprint density at radius 2 is 2.05 bits per heavy atom. The van der Waals surface area contributed by atoms with E-state index in [-0.39, 0.29) is 18.0 Å². The quantitative estimate of drug-likeness (QED) is 0.873. The van der Waals surface area contributed by atoms with Crippen LogP contribution in [-0.2, 0) is 4.74 Å². The highest BCUT2D eigenvalue weighted by atomic mass is 16.5. The summed E-state index contributed by atoms with van der Waals surface area (Å²) in [4.78, 5) is 29.2. The average molecular weight is 292 g/mol. The number of anilines is 1. The summed E-state index contributed by atoms with van der Waals surface area (Å²) in [6.45, 7) is 1.34. The van der Waals surface area contributed by atoms with Gasteiger partial charge in [-0.25, -0.2) is 4.79 Å². The van der Waals surface area contributed by atoms with Crippen LogP contribution in [0.5, 0.6) is 0 Å². The lowest BCUT2D eigenvalue weighted by molar-refractivity contribution is 0.0805. The van der Waals surface area contributed by atoms with Crippen molar-refractivity contribution in [2.75, 3.05) is 32.6 Å². The fourth-order valence-electron chi connectivity index (χ4n) is 2.05. The molecule has 1 saturated heterocycles. The highest BCUT2D eigenvalue weighted by Crippen LogP contribution is 2.10. The van der Waals surface area contributed by atoms with Crippen molar-refractivity contribution in [2.45, 2.75) is 18.9 Å². The molecule has 0 spiro atoms. The Kier molecular flexibility index (Phi) is 5.10. The molecule has 114 valence electrons. The summed E-state index contributed by atoms with van der Waals surface area (Å²) in [7, 11) is 3.31. The smallest absolute Gasteiger partial charge is 0.319 e. The minimum Gasteiger partial charge on any atom is -0.381 e.